The average molecular weight is 477 g/mol. The zero-order valence-corrected chi connectivity index (χ0v) is 19.3. The average Bonchev–Trinajstić information content (AvgIpc) is 2.84. The molecule has 4 rings (SSSR count). The number of nitrogens with zero attached hydrogens (tertiary/aromatic N) is 3. The zero-order valence-electron chi connectivity index (χ0n) is 18.4. The lowest BCUT2D eigenvalue weighted by molar-refractivity contribution is 0.0697. The molecule has 2 aliphatic heterocycles. The molecule has 0 aliphatic carbocycles. The number of piperazine rings is 1. The second-order valence-electron chi connectivity index (χ2n) is 7.80. The first kappa shape index (κ1) is 23.1. The summed E-state index contributed by atoms with van der Waals surface area (Å²) in [4.78, 5) is 15.8. The first-order valence-electron chi connectivity index (χ1n) is 10.7. The second kappa shape index (κ2) is 9.86. The van der Waals surface area contributed by atoms with Crippen LogP contribution in [0.4, 0.5) is 17.1 Å². The summed E-state index contributed by atoms with van der Waals surface area (Å²) in [6.45, 7) is 3.84. The van der Waals surface area contributed by atoms with E-state index in [1.807, 2.05) is 24.3 Å². The maximum atomic E-state index is 12.9. The van der Waals surface area contributed by atoms with Crippen LogP contribution in [0, 0.1) is 0 Å². The van der Waals surface area contributed by atoms with Gasteiger partial charge in [0.1, 0.15) is 5.75 Å². The number of carboxylic acids is 1. The number of anilines is 3. The Labute approximate surface area is 193 Å². The maximum absolute atomic E-state index is 12.9. The highest BCUT2D eigenvalue weighted by Gasteiger charge is 2.27. The summed E-state index contributed by atoms with van der Waals surface area (Å²) in [5.41, 5.74) is 1.93. The van der Waals surface area contributed by atoms with E-state index < -0.39 is 16.2 Å². The van der Waals surface area contributed by atoms with Crippen LogP contribution in [-0.4, -0.2) is 83.4 Å². The Morgan fingerprint density at radius 2 is 1.61 bits per heavy atom. The number of carboxylic acid groups (broad SMARTS) is 1. The number of benzene rings is 2. The van der Waals surface area contributed by atoms with Crippen LogP contribution in [0.25, 0.3) is 0 Å². The van der Waals surface area contributed by atoms with Crippen LogP contribution in [0.1, 0.15) is 10.4 Å². The van der Waals surface area contributed by atoms with Crippen molar-refractivity contribution in [1.29, 1.82) is 0 Å². The minimum Gasteiger partial charge on any atom is -0.495 e. The number of hydrogen-bond donors (Lipinski definition) is 2. The lowest BCUT2D eigenvalue weighted by Gasteiger charge is -2.38. The lowest BCUT2D eigenvalue weighted by atomic mass is 10.1. The summed E-state index contributed by atoms with van der Waals surface area (Å²) in [6, 6.07) is 12.4. The molecule has 0 unspecified atom stereocenters. The molecule has 2 aliphatic rings. The third-order valence-corrected chi connectivity index (χ3v) is 7.36. The van der Waals surface area contributed by atoms with Crippen molar-refractivity contribution < 1.29 is 27.8 Å². The van der Waals surface area contributed by atoms with Crippen molar-refractivity contribution in [2.24, 2.45) is 0 Å². The number of methoxy groups -OCH3 is 1. The molecule has 0 radical (unpaired) electrons. The standard InChI is InChI=1S/C22H28N4O6S/c1-31-21-5-3-2-4-20(21)25-10-8-24(9-11-25)19-7-6-17(22(27)28)16-18(19)23-33(29,30)26-12-14-32-15-13-26/h2-7,16,23H,8-15H2,1H3,(H,27,28). The Bertz CT molecular complexity index is 1100. The van der Waals surface area contributed by atoms with Gasteiger partial charge in [0.2, 0.25) is 0 Å². The molecule has 11 heteroatoms. The molecule has 0 spiro atoms. The smallest absolute Gasteiger partial charge is 0.335 e. The van der Waals surface area contributed by atoms with Crippen molar-refractivity contribution in [3.05, 3.63) is 48.0 Å². The SMILES string of the molecule is COc1ccccc1N1CCN(c2ccc(C(=O)O)cc2NS(=O)(=O)N2CCOCC2)CC1. The van der Waals surface area contributed by atoms with E-state index in [0.29, 0.717) is 45.1 Å². The summed E-state index contributed by atoms with van der Waals surface area (Å²) >= 11 is 0. The van der Waals surface area contributed by atoms with E-state index in [1.54, 1.807) is 13.2 Å². The third-order valence-electron chi connectivity index (χ3n) is 5.84. The molecule has 0 aromatic heterocycles. The van der Waals surface area contributed by atoms with Crippen molar-refractivity contribution in [2.75, 3.05) is 74.1 Å². The lowest BCUT2D eigenvalue weighted by Crippen LogP contribution is -2.47. The van der Waals surface area contributed by atoms with Gasteiger partial charge in [0, 0.05) is 39.3 Å². The van der Waals surface area contributed by atoms with E-state index >= 15 is 0 Å². The minimum atomic E-state index is -3.85. The van der Waals surface area contributed by atoms with Crippen LogP contribution in [-0.2, 0) is 14.9 Å². The summed E-state index contributed by atoms with van der Waals surface area (Å²) in [5, 5.41) is 9.43. The predicted molar refractivity (Wildman–Crippen MR) is 126 cm³/mol. The zero-order chi connectivity index (χ0) is 23.4. The molecule has 2 saturated heterocycles. The maximum Gasteiger partial charge on any atom is 0.335 e. The van der Waals surface area contributed by atoms with Crippen LogP contribution in [0.2, 0.25) is 0 Å². The van der Waals surface area contributed by atoms with Crippen LogP contribution in [0.15, 0.2) is 42.5 Å². The molecule has 2 aromatic rings. The molecule has 178 valence electrons. The molecule has 2 fully saturated rings. The predicted octanol–water partition coefficient (Wildman–Crippen LogP) is 1.71. The molecular weight excluding hydrogens is 448 g/mol. The molecule has 2 aromatic carbocycles. The van der Waals surface area contributed by atoms with Crippen molar-refractivity contribution in [3.63, 3.8) is 0 Å². The summed E-state index contributed by atoms with van der Waals surface area (Å²) in [7, 11) is -2.20. The van der Waals surface area contributed by atoms with Crippen molar-refractivity contribution in [3.8, 4) is 5.75 Å². The first-order valence-corrected chi connectivity index (χ1v) is 12.2. The fourth-order valence-electron chi connectivity index (χ4n) is 4.10. The molecule has 33 heavy (non-hydrogen) atoms. The highest BCUT2D eigenvalue weighted by Crippen LogP contribution is 2.33. The highest BCUT2D eigenvalue weighted by atomic mass is 32.2. The largest absolute Gasteiger partial charge is 0.495 e. The molecular formula is C22H28N4O6S. The molecule has 0 amide bonds. The van der Waals surface area contributed by atoms with Gasteiger partial charge in [-0.05, 0) is 30.3 Å². The van der Waals surface area contributed by atoms with Crippen LogP contribution < -0.4 is 19.3 Å². The van der Waals surface area contributed by atoms with E-state index in [4.69, 9.17) is 9.47 Å². The summed E-state index contributed by atoms with van der Waals surface area (Å²) in [5.74, 6) is -0.315. The van der Waals surface area contributed by atoms with E-state index in [-0.39, 0.29) is 24.3 Å². The van der Waals surface area contributed by atoms with Gasteiger partial charge < -0.3 is 24.4 Å². The molecule has 2 N–H and O–H groups in total. The van der Waals surface area contributed by atoms with Gasteiger partial charge in [0.15, 0.2) is 0 Å². The monoisotopic (exact) mass is 476 g/mol. The number of ether oxygens (including phenoxy) is 2. The number of para-hydroxylation sites is 2. The normalized spacial score (nSPS) is 17.6. The van der Waals surface area contributed by atoms with Crippen LogP contribution in [0.5, 0.6) is 5.75 Å². The fourth-order valence-corrected chi connectivity index (χ4v) is 5.30. The number of nitrogens with one attached hydrogen (secondary N) is 1. The van der Waals surface area contributed by atoms with E-state index in [9.17, 15) is 18.3 Å². The number of aromatic carboxylic acids is 1. The Morgan fingerprint density at radius 1 is 0.970 bits per heavy atom. The van der Waals surface area contributed by atoms with Crippen molar-refractivity contribution >= 4 is 33.2 Å². The quantitative estimate of drug-likeness (QED) is 0.621. The Balaban J connectivity index is 1.56. The van der Waals surface area contributed by atoms with Gasteiger partial charge in [-0.15, -0.1) is 0 Å². The fraction of sp³-hybridized carbons (Fsp3) is 0.409. The number of carbonyl (C=O) groups is 1. The minimum absolute atomic E-state index is 0.0195. The molecule has 2 heterocycles. The van der Waals surface area contributed by atoms with Gasteiger partial charge >= 0.3 is 16.2 Å². The van der Waals surface area contributed by atoms with E-state index in [0.717, 1.165) is 11.4 Å². The Kier molecular flexibility index (Phi) is 6.91. The van der Waals surface area contributed by atoms with Gasteiger partial charge in [-0.1, -0.05) is 12.1 Å². The number of hydrogen-bond acceptors (Lipinski definition) is 7. The molecule has 0 saturated carbocycles. The molecule has 10 nitrogen and oxygen atoms in total. The van der Waals surface area contributed by atoms with Gasteiger partial charge in [-0.2, -0.15) is 12.7 Å². The van der Waals surface area contributed by atoms with Crippen molar-refractivity contribution in [2.45, 2.75) is 0 Å². The van der Waals surface area contributed by atoms with Gasteiger partial charge in [0.25, 0.3) is 0 Å². The number of morpholine rings is 1. The Hall–Kier alpha value is -3.02. The summed E-state index contributed by atoms with van der Waals surface area (Å²) in [6.07, 6.45) is 0. The van der Waals surface area contributed by atoms with E-state index in [1.165, 1.54) is 16.4 Å². The summed E-state index contributed by atoms with van der Waals surface area (Å²) < 4.78 is 40.5. The van der Waals surface area contributed by atoms with Crippen LogP contribution in [0.3, 0.4) is 0 Å². The number of rotatable bonds is 7. The Morgan fingerprint density at radius 3 is 2.24 bits per heavy atom. The second-order valence-corrected chi connectivity index (χ2v) is 9.47. The van der Waals surface area contributed by atoms with Gasteiger partial charge in [0.05, 0.1) is 42.9 Å². The topological polar surface area (TPSA) is 112 Å². The molecule has 0 atom stereocenters. The molecule has 0 bridgehead atoms. The van der Waals surface area contributed by atoms with Crippen molar-refractivity contribution in [1.82, 2.24) is 4.31 Å². The highest BCUT2D eigenvalue weighted by molar-refractivity contribution is 7.90. The van der Waals surface area contributed by atoms with Crippen LogP contribution >= 0.6 is 0 Å². The first-order chi connectivity index (χ1) is 15.9. The van der Waals surface area contributed by atoms with Gasteiger partial charge in [-0.25, -0.2) is 4.79 Å². The van der Waals surface area contributed by atoms with E-state index in [2.05, 4.69) is 14.5 Å². The van der Waals surface area contributed by atoms with Gasteiger partial charge in [-0.3, -0.25) is 4.72 Å². The third kappa shape index (κ3) is 5.15.